The zero-order valence-electron chi connectivity index (χ0n) is 12.8. The summed E-state index contributed by atoms with van der Waals surface area (Å²) in [6.45, 7) is 5.11. The summed E-state index contributed by atoms with van der Waals surface area (Å²) in [5, 5.41) is 22.8. The number of hydrogen-bond donors (Lipinski definition) is 3. The van der Waals surface area contributed by atoms with Gasteiger partial charge < -0.3 is 29.7 Å². The van der Waals surface area contributed by atoms with Crippen molar-refractivity contribution < 1.29 is 24.4 Å². The molecule has 0 radical (unpaired) electrons. The van der Waals surface area contributed by atoms with E-state index in [9.17, 15) is 10.2 Å². The van der Waals surface area contributed by atoms with Crippen LogP contribution in [0.5, 0.6) is 11.5 Å². The van der Waals surface area contributed by atoms with Crippen molar-refractivity contribution in [1.82, 2.24) is 5.32 Å². The number of rotatable bonds is 10. The maximum Gasteiger partial charge on any atom is 0.169 e. The fraction of sp³-hybridized carbons (Fsp3) is 0.600. The lowest BCUT2D eigenvalue weighted by Gasteiger charge is -2.23. The van der Waals surface area contributed by atoms with Crippen LogP contribution in [0.15, 0.2) is 18.2 Å². The maximum absolute atomic E-state index is 10.1. The fourth-order valence-corrected chi connectivity index (χ4v) is 2.03. The molecule has 1 rings (SSSR count). The molecule has 21 heavy (non-hydrogen) atoms. The van der Waals surface area contributed by atoms with Crippen LogP contribution in [0.2, 0.25) is 0 Å². The van der Waals surface area contributed by atoms with E-state index >= 15 is 0 Å². The van der Waals surface area contributed by atoms with Crippen molar-refractivity contribution in [2.75, 3.05) is 33.5 Å². The molecule has 0 amide bonds. The Balaban J connectivity index is 2.74. The average molecular weight is 299 g/mol. The second-order valence-electron chi connectivity index (χ2n) is 4.38. The normalized spacial score (nSPS) is 12.6. The van der Waals surface area contributed by atoms with Gasteiger partial charge in [-0.05, 0) is 19.9 Å². The van der Waals surface area contributed by atoms with Crippen molar-refractivity contribution in [2.24, 2.45) is 0 Å². The highest BCUT2D eigenvalue weighted by molar-refractivity contribution is 5.46. The van der Waals surface area contributed by atoms with Gasteiger partial charge in [0.2, 0.25) is 0 Å². The summed E-state index contributed by atoms with van der Waals surface area (Å²) in [7, 11) is 1.49. The predicted molar refractivity (Wildman–Crippen MR) is 79.5 cm³/mol. The molecule has 0 spiro atoms. The summed E-state index contributed by atoms with van der Waals surface area (Å²) in [6.07, 6.45) is -0.387. The van der Waals surface area contributed by atoms with Crippen LogP contribution in [0.3, 0.4) is 0 Å². The van der Waals surface area contributed by atoms with Gasteiger partial charge in [0.25, 0.3) is 0 Å². The number of para-hydroxylation sites is 1. The molecule has 0 bridgehead atoms. The monoisotopic (exact) mass is 299 g/mol. The third-order valence-corrected chi connectivity index (χ3v) is 3.04. The Morgan fingerprint density at radius 3 is 2.38 bits per heavy atom. The van der Waals surface area contributed by atoms with E-state index in [1.807, 2.05) is 13.8 Å². The summed E-state index contributed by atoms with van der Waals surface area (Å²) in [5.41, 5.74) is 0.573. The highest BCUT2D eigenvalue weighted by atomic mass is 16.7. The van der Waals surface area contributed by atoms with E-state index in [0.29, 0.717) is 31.1 Å². The van der Waals surface area contributed by atoms with Crippen molar-refractivity contribution in [2.45, 2.75) is 26.2 Å². The van der Waals surface area contributed by atoms with E-state index < -0.39 is 6.04 Å². The first-order valence-electron chi connectivity index (χ1n) is 7.11. The second kappa shape index (κ2) is 9.57. The van der Waals surface area contributed by atoms with Gasteiger partial charge in [-0.3, -0.25) is 0 Å². The van der Waals surface area contributed by atoms with Gasteiger partial charge in [-0.2, -0.15) is 0 Å². The number of phenolic OH excluding ortho intramolecular Hbond substituents is 1. The van der Waals surface area contributed by atoms with Crippen molar-refractivity contribution in [1.29, 1.82) is 0 Å². The van der Waals surface area contributed by atoms with E-state index in [4.69, 9.17) is 14.2 Å². The molecule has 120 valence electrons. The lowest BCUT2D eigenvalue weighted by molar-refractivity contribution is -0.134. The van der Waals surface area contributed by atoms with Crippen molar-refractivity contribution in [3.05, 3.63) is 23.8 Å². The highest BCUT2D eigenvalue weighted by Crippen LogP contribution is 2.33. The standard InChI is InChI=1S/C15H25NO5/c1-4-20-14(21-5-2)9-16-12(10-17)11-7-6-8-13(19-3)15(11)18/h6-8,12,14,16-18H,4-5,9-10H2,1-3H3. The summed E-state index contributed by atoms with van der Waals surface area (Å²) >= 11 is 0. The second-order valence-corrected chi connectivity index (χ2v) is 4.38. The van der Waals surface area contributed by atoms with Gasteiger partial charge in [-0.1, -0.05) is 12.1 Å². The molecule has 0 aliphatic heterocycles. The van der Waals surface area contributed by atoms with Crippen LogP contribution in [0, 0.1) is 0 Å². The molecule has 0 heterocycles. The largest absolute Gasteiger partial charge is 0.504 e. The number of aliphatic hydroxyl groups is 1. The average Bonchev–Trinajstić information content (AvgIpc) is 2.49. The molecule has 1 unspecified atom stereocenters. The summed E-state index contributed by atoms with van der Waals surface area (Å²) in [4.78, 5) is 0. The Morgan fingerprint density at radius 1 is 1.19 bits per heavy atom. The number of benzene rings is 1. The van der Waals surface area contributed by atoms with Crippen LogP contribution in [0.4, 0.5) is 0 Å². The van der Waals surface area contributed by atoms with Crippen LogP contribution >= 0.6 is 0 Å². The zero-order chi connectivity index (χ0) is 15.7. The molecular weight excluding hydrogens is 274 g/mol. The first-order chi connectivity index (χ1) is 10.2. The summed E-state index contributed by atoms with van der Waals surface area (Å²) < 4.78 is 15.9. The number of nitrogens with one attached hydrogen (secondary N) is 1. The predicted octanol–water partition coefficient (Wildman–Crippen LogP) is 1.42. The highest BCUT2D eigenvalue weighted by Gasteiger charge is 2.19. The quantitative estimate of drug-likeness (QED) is 0.567. The van der Waals surface area contributed by atoms with Gasteiger partial charge in [-0.15, -0.1) is 0 Å². The Morgan fingerprint density at radius 2 is 1.86 bits per heavy atom. The van der Waals surface area contributed by atoms with Gasteiger partial charge in [0.05, 0.1) is 19.8 Å². The zero-order valence-corrected chi connectivity index (χ0v) is 12.8. The molecular formula is C15H25NO5. The minimum absolute atomic E-state index is 0.0240. The van der Waals surface area contributed by atoms with Gasteiger partial charge in [0.1, 0.15) is 0 Å². The van der Waals surface area contributed by atoms with Crippen LogP contribution in [-0.4, -0.2) is 50.0 Å². The Labute approximate surface area is 125 Å². The van der Waals surface area contributed by atoms with Gasteiger partial charge in [0.15, 0.2) is 17.8 Å². The third-order valence-electron chi connectivity index (χ3n) is 3.04. The number of hydrogen-bond acceptors (Lipinski definition) is 6. The number of methoxy groups -OCH3 is 1. The van der Waals surface area contributed by atoms with Crippen LogP contribution in [-0.2, 0) is 9.47 Å². The molecule has 0 saturated carbocycles. The van der Waals surface area contributed by atoms with Gasteiger partial charge in [0, 0.05) is 25.3 Å². The van der Waals surface area contributed by atoms with E-state index in [2.05, 4.69) is 5.32 Å². The Kier molecular flexibility index (Phi) is 8.07. The number of ether oxygens (including phenoxy) is 3. The number of phenols is 1. The maximum atomic E-state index is 10.1. The molecule has 0 fully saturated rings. The Hall–Kier alpha value is -1.34. The molecule has 1 aromatic carbocycles. The van der Waals surface area contributed by atoms with Gasteiger partial charge in [-0.25, -0.2) is 0 Å². The molecule has 3 N–H and O–H groups in total. The van der Waals surface area contributed by atoms with E-state index in [1.165, 1.54) is 7.11 Å². The number of aromatic hydroxyl groups is 1. The molecule has 0 aliphatic rings. The van der Waals surface area contributed by atoms with Crippen molar-refractivity contribution in [3.63, 3.8) is 0 Å². The fourth-order valence-electron chi connectivity index (χ4n) is 2.03. The van der Waals surface area contributed by atoms with Crippen molar-refractivity contribution in [3.8, 4) is 11.5 Å². The molecule has 1 atom stereocenters. The smallest absolute Gasteiger partial charge is 0.169 e. The SMILES string of the molecule is CCOC(CNC(CO)c1cccc(OC)c1O)OCC. The summed E-state index contributed by atoms with van der Waals surface area (Å²) in [5.74, 6) is 0.398. The third kappa shape index (κ3) is 5.17. The first-order valence-corrected chi connectivity index (χ1v) is 7.11. The van der Waals surface area contributed by atoms with Crippen molar-refractivity contribution >= 4 is 0 Å². The van der Waals surface area contributed by atoms with Crippen LogP contribution in [0.1, 0.15) is 25.5 Å². The molecule has 0 aliphatic carbocycles. The van der Waals surface area contributed by atoms with Crippen LogP contribution < -0.4 is 10.1 Å². The van der Waals surface area contributed by atoms with Crippen LogP contribution in [0.25, 0.3) is 0 Å². The molecule has 1 aromatic rings. The first kappa shape index (κ1) is 17.7. The minimum Gasteiger partial charge on any atom is -0.504 e. The molecule has 6 nitrogen and oxygen atoms in total. The molecule has 0 aromatic heterocycles. The van der Waals surface area contributed by atoms with E-state index in [-0.39, 0.29) is 18.6 Å². The van der Waals surface area contributed by atoms with E-state index in [0.717, 1.165) is 0 Å². The minimum atomic E-state index is -0.427. The number of aliphatic hydroxyl groups excluding tert-OH is 1. The molecule has 6 heteroatoms. The lowest BCUT2D eigenvalue weighted by Crippen LogP contribution is -2.35. The van der Waals surface area contributed by atoms with E-state index in [1.54, 1.807) is 18.2 Å². The lowest BCUT2D eigenvalue weighted by atomic mass is 10.1. The molecule has 0 saturated heterocycles. The Bertz CT molecular complexity index is 407. The topological polar surface area (TPSA) is 80.2 Å². The van der Waals surface area contributed by atoms with Gasteiger partial charge >= 0.3 is 0 Å². The summed E-state index contributed by atoms with van der Waals surface area (Å²) in [6, 6.07) is 4.74.